The molecule has 1 aromatic carbocycles. The highest BCUT2D eigenvalue weighted by Crippen LogP contribution is 2.21. The standard InChI is InChI=1S/C11H13BrOS/c1-8(11(13)14-2)10-5-3-9(7-12)4-6-10/h3-6,8H,7H2,1-2H3. The molecule has 1 aromatic rings. The summed E-state index contributed by atoms with van der Waals surface area (Å²) in [6.45, 7) is 1.95. The van der Waals surface area contributed by atoms with Crippen LogP contribution in [0, 0.1) is 0 Å². The van der Waals surface area contributed by atoms with E-state index >= 15 is 0 Å². The van der Waals surface area contributed by atoms with Crippen molar-refractivity contribution >= 4 is 32.8 Å². The van der Waals surface area contributed by atoms with E-state index < -0.39 is 0 Å². The van der Waals surface area contributed by atoms with E-state index in [0.717, 1.165) is 10.9 Å². The second-order valence-corrected chi connectivity index (χ2v) is 4.49. The number of carbonyl (C=O) groups excluding carboxylic acids is 1. The maximum absolute atomic E-state index is 11.4. The highest BCUT2D eigenvalue weighted by atomic mass is 79.9. The Labute approximate surface area is 97.4 Å². The van der Waals surface area contributed by atoms with Crippen molar-refractivity contribution in [2.24, 2.45) is 0 Å². The van der Waals surface area contributed by atoms with Gasteiger partial charge in [-0.15, -0.1) is 0 Å². The van der Waals surface area contributed by atoms with Crippen LogP contribution in [0.4, 0.5) is 0 Å². The molecule has 0 spiro atoms. The third kappa shape index (κ3) is 2.85. The Bertz CT molecular complexity index is 308. The molecular formula is C11H13BrOS. The normalized spacial score (nSPS) is 12.5. The van der Waals surface area contributed by atoms with Gasteiger partial charge in [0.1, 0.15) is 0 Å². The summed E-state index contributed by atoms with van der Waals surface area (Å²) in [5.41, 5.74) is 2.33. The van der Waals surface area contributed by atoms with E-state index in [1.54, 1.807) is 0 Å². The van der Waals surface area contributed by atoms with Crippen LogP contribution in [0.5, 0.6) is 0 Å². The van der Waals surface area contributed by atoms with Crippen molar-refractivity contribution in [2.75, 3.05) is 6.26 Å². The van der Waals surface area contributed by atoms with Crippen LogP contribution in [0.15, 0.2) is 24.3 Å². The summed E-state index contributed by atoms with van der Waals surface area (Å²) in [4.78, 5) is 11.4. The third-order valence-electron chi connectivity index (χ3n) is 2.19. The Morgan fingerprint density at radius 1 is 1.43 bits per heavy atom. The highest BCUT2D eigenvalue weighted by Gasteiger charge is 2.13. The number of hydrogen-bond donors (Lipinski definition) is 0. The summed E-state index contributed by atoms with van der Waals surface area (Å²) in [6, 6.07) is 8.15. The molecule has 3 heteroatoms. The number of rotatable bonds is 3. The number of halogens is 1. The fourth-order valence-corrected chi connectivity index (χ4v) is 2.07. The van der Waals surface area contributed by atoms with E-state index in [4.69, 9.17) is 0 Å². The molecule has 0 saturated carbocycles. The average Bonchev–Trinajstić information content (AvgIpc) is 2.27. The fourth-order valence-electron chi connectivity index (χ4n) is 1.21. The molecule has 0 aliphatic heterocycles. The molecule has 0 heterocycles. The van der Waals surface area contributed by atoms with E-state index in [9.17, 15) is 4.79 Å². The highest BCUT2D eigenvalue weighted by molar-refractivity contribution is 9.08. The number of alkyl halides is 1. The van der Waals surface area contributed by atoms with Gasteiger partial charge in [0.2, 0.25) is 0 Å². The van der Waals surface area contributed by atoms with E-state index in [0.29, 0.717) is 0 Å². The van der Waals surface area contributed by atoms with Crippen LogP contribution in [-0.4, -0.2) is 11.4 Å². The molecule has 1 atom stereocenters. The molecule has 0 aromatic heterocycles. The Morgan fingerprint density at radius 2 is 2.00 bits per heavy atom. The second-order valence-electron chi connectivity index (χ2n) is 3.12. The molecule has 0 fully saturated rings. The molecule has 0 bridgehead atoms. The minimum Gasteiger partial charge on any atom is -0.287 e. The van der Waals surface area contributed by atoms with Crippen molar-refractivity contribution in [1.82, 2.24) is 0 Å². The first-order chi connectivity index (χ1) is 6.69. The predicted molar refractivity (Wildman–Crippen MR) is 66.0 cm³/mol. The molecule has 0 N–H and O–H groups in total. The molecular weight excluding hydrogens is 260 g/mol. The number of benzene rings is 1. The van der Waals surface area contributed by atoms with Crippen LogP contribution >= 0.6 is 27.7 Å². The van der Waals surface area contributed by atoms with Gasteiger partial charge in [-0.25, -0.2) is 0 Å². The first-order valence-corrected chi connectivity index (χ1v) is 6.76. The number of hydrogen-bond acceptors (Lipinski definition) is 2. The van der Waals surface area contributed by atoms with Crippen molar-refractivity contribution in [3.8, 4) is 0 Å². The monoisotopic (exact) mass is 272 g/mol. The lowest BCUT2D eigenvalue weighted by Crippen LogP contribution is -2.04. The number of thioether (sulfide) groups is 1. The summed E-state index contributed by atoms with van der Waals surface area (Å²) < 4.78 is 0. The third-order valence-corrected chi connectivity index (χ3v) is 3.59. The average molecular weight is 273 g/mol. The summed E-state index contributed by atoms with van der Waals surface area (Å²) in [5.74, 6) is -0.00521. The smallest absolute Gasteiger partial charge is 0.195 e. The van der Waals surface area contributed by atoms with Gasteiger partial charge in [0.15, 0.2) is 5.12 Å². The molecule has 0 saturated heterocycles. The SMILES string of the molecule is CSC(=O)C(C)c1ccc(CBr)cc1. The Hall–Kier alpha value is -0.280. The van der Waals surface area contributed by atoms with Gasteiger partial charge in [0.25, 0.3) is 0 Å². The molecule has 14 heavy (non-hydrogen) atoms. The topological polar surface area (TPSA) is 17.1 Å². The molecule has 0 radical (unpaired) electrons. The van der Waals surface area contributed by atoms with Gasteiger partial charge in [-0.3, -0.25) is 4.79 Å². The molecule has 1 rings (SSSR count). The van der Waals surface area contributed by atoms with Gasteiger partial charge in [-0.2, -0.15) is 0 Å². The molecule has 76 valence electrons. The molecule has 0 aliphatic rings. The van der Waals surface area contributed by atoms with Gasteiger partial charge in [-0.1, -0.05) is 58.9 Å². The van der Waals surface area contributed by atoms with Crippen molar-refractivity contribution < 1.29 is 4.79 Å². The largest absolute Gasteiger partial charge is 0.287 e. The minimum absolute atomic E-state index is 0.00521. The number of carbonyl (C=O) groups is 1. The molecule has 1 nitrogen and oxygen atoms in total. The van der Waals surface area contributed by atoms with Gasteiger partial charge in [0.05, 0.1) is 5.92 Å². The Morgan fingerprint density at radius 3 is 2.43 bits per heavy atom. The van der Waals surface area contributed by atoms with Gasteiger partial charge >= 0.3 is 0 Å². The second kappa shape index (κ2) is 5.56. The summed E-state index contributed by atoms with van der Waals surface area (Å²) >= 11 is 4.68. The molecule has 1 unspecified atom stereocenters. The lowest BCUT2D eigenvalue weighted by Gasteiger charge is -2.08. The summed E-state index contributed by atoms with van der Waals surface area (Å²) in [7, 11) is 0. The Kier molecular flexibility index (Phi) is 4.69. The first-order valence-electron chi connectivity index (χ1n) is 4.41. The van der Waals surface area contributed by atoms with E-state index in [2.05, 4.69) is 15.9 Å². The quantitative estimate of drug-likeness (QED) is 0.783. The first kappa shape index (κ1) is 11.8. The zero-order valence-corrected chi connectivity index (χ0v) is 10.7. The lowest BCUT2D eigenvalue weighted by molar-refractivity contribution is -0.111. The van der Waals surface area contributed by atoms with Gasteiger partial charge in [0, 0.05) is 5.33 Å². The summed E-state index contributed by atoms with van der Waals surface area (Å²) in [6.07, 6.45) is 1.83. The molecule has 0 aliphatic carbocycles. The van der Waals surface area contributed by atoms with Crippen molar-refractivity contribution in [3.63, 3.8) is 0 Å². The van der Waals surface area contributed by atoms with Gasteiger partial charge in [-0.05, 0) is 17.4 Å². The fraction of sp³-hybridized carbons (Fsp3) is 0.364. The van der Waals surface area contributed by atoms with Crippen LogP contribution < -0.4 is 0 Å². The lowest BCUT2D eigenvalue weighted by atomic mass is 10.0. The van der Waals surface area contributed by atoms with Crippen LogP contribution in [0.1, 0.15) is 24.0 Å². The predicted octanol–water partition coefficient (Wildman–Crippen LogP) is 3.57. The maximum atomic E-state index is 11.4. The van der Waals surface area contributed by atoms with Crippen molar-refractivity contribution in [3.05, 3.63) is 35.4 Å². The van der Waals surface area contributed by atoms with Gasteiger partial charge < -0.3 is 0 Å². The maximum Gasteiger partial charge on any atom is 0.195 e. The summed E-state index contributed by atoms with van der Waals surface area (Å²) in [5, 5.41) is 1.08. The van der Waals surface area contributed by atoms with E-state index in [-0.39, 0.29) is 11.0 Å². The van der Waals surface area contributed by atoms with Crippen LogP contribution in [0.2, 0.25) is 0 Å². The zero-order valence-electron chi connectivity index (χ0n) is 8.29. The minimum atomic E-state index is -0.00521. The van der Waals surface area contributed by atoms with E-state index in [1.165, 1.54) is 17.3 Å². The van der Waals surface area contributed by atoms with Crippen LogP contribution in [0.25, 0.3) is 0 Å². The van der Waals surface area contributed by atoms with E-state index in [1.807, 2.05) is 37.4 Å². The van der Waals surface area contributed by atoms with Crippen molar-refractivity contribution in [2.45, 2.75) is 18.2 Å². The van der Waals surface area contributed by atoms with Crippen LogP contribution in [0.3, 0.4) is 0 Å². The molecule has 0 amide bonds. The Balaban J connectivity index is 2.81. The van der Waals surface area contributed by atoms with Crippen LogP contribution in [-0.2, 0) is 10.1 Å². The van der Waals surface area contributed by atoms with Crippen molar-refractivity contribution in [1.29, 1.82) is 0 Å². The zero-order chi connectivity index (χ0) is 10.6.